The van der Waals surface area contributed by atoms with E-state index in [2.05, 4.69) is 19.9 Å². The zero-order valence-electron chi connectivity index (χ0n) is 9.33. The number of benzene rings is 1. The lowest BCUT2D eigenvalue weighted by Gasteiger charge is -2.12. The summed E-state index contributed by atoms with van der Waals surface area (Å²) in [4.78, 5) is 0. The van der Waals surface area contributed by atoms with Crippen LogP contribution in [0.15, 0.2) is 18.2 Å². The van der Waals surface area contributed by atoms with Gasteiger partial charge in [-0.05, 0) is 30.5 Å². The largest absolute Gasteiger partial charge is 0.493 e. The normalized spacial score (nSPS) is 10.4. The minimum atomic E-state index is 0.514. The van der Waals surface area contributed by atoms with Crippen LogP contribution in [0.5, 0.6) is 11.5 Å². The Balaban J connectivity index is 3.01. The van der Waals surface area contributed by atoms with Gasteiger partial charge in [0.2, 0.25) is 0 Å². The van der Waals surface area contributed by atoms with Gasteiger partial charge in [0.1, 0.15) is 0 Å². The van der Waals surface area contributed by atoms with Crippen LogP contribution in [-0.2, 0) is 0 Å². The van der Waals surface area contributed by atoms with Gasteiger partial charge in [0.05, 0.1) is 13.7 Å². The minimum Gasteiger partial charge on any atom is -0.493 e. The molecule has 0 atom stereocenters. The van der Waals surface area contributed by atoms with E-state index in [0.29, 0.717) is 12.5 Å². The van der Waals surface area contributed by atoms with Gasteiger partial charge in [0.25, 0.3) is 0 Å². The van der Waals surface area contributed by atoms with Gasteiger partial charge in [0.15, 0.2) is 11.5 Å². The molecule has 0 radical (unpaired) electrons. The summed E-state index contributed by atoms with van der Waals surface area (Å²) < 4.78 is 10.7. The summed E-state index contributed by atoms with van der Waals surface area (Å²) in [5, 5.41) is 0. The van der Waals surface area contributed by atoms with Crippen LogP contribution >= 0.6 is 0 Å². The van der Waals surface area contributed by atoms with Crippen molar-refractivity contribution in [3.8, 4) is 11.5 Å². The van der Waals surface area contributed by atoms with Crippen molar-refractivity contribution in [1.82, 2.24) is 0 Å². The third-order valence-electron chi connectivity index (χ3n) is 2.15. The molecule has 1 aromatic carbocycles. The van der Waals surface area contributed by atoms with Crippen LogP contribution in [0, 0.1) is 0 Å². The average Bonchev–Trinajstić information content (AvgIpc) is 2.18. The highest BCUT2D eigenvalue weighted by Gasteiger charge is 2.06. The molecular formula is C12H18O2. The molecule has 1 rings (SSSR count). The van der Waals surface area contributed by atoms with Gasteiger partial charge in [-0.1, -0.05) is 19.9 Å². The Kier molecular flexibility index (Phi) is 3.81. The maximum absolute atomic E-state index is 5.49. The lowest BCUT2D eigenvalue weighted by molar-refractivity contribution is 0.310. The van der Waals surface area contributed by atoms with Crippen molar-refractivity contribution in [3.05, 3.63) is 23.8 Å². The maximum atomic E-state index is 5.49. The summed E-state index contributed by atoms with van der Waals surface area (Å²) in [6.45, 7) is 6.97. The lowest BCUT2D eigenvalue weighted by Crippen LogP contribution is -1.97. The van der Waals surface area contributed by atoms with Gasteiger partial charge in [-0.25, -0.2) is 0 Å². The molecule has 0 aliphatic heterocycles. The van der Waals surface area contributed by atoms with Crippen molar-refractivity contribution >= 4 is 0 Å². The Morgan fingerprint density at radius 3 is 2.43 bits per heavy atom. The molecule has 78 valence electrons. The highest BCUT2D eigenvalue weighted by Crippen LogP contribution is 2.30. The first-order valence-corrected chi connectivity index (χ1v) is 4.99. The molecule has 0 spiro atoms. The first-order valence-electron chi connectivity index (χ1n) is 4.99. The van der Waals surface area contributed by atoms with Crippen LogP contribution in [0.1, 0.15) is 32.3 Å². The Bertz CT molecular complexity index is 292. The number of ether oxygens (including phenoxy) is 2. The fraction of sp³-hybridized carbons (Fsp3) is 0.500. The quantitative estimate of drug-likeness (QED) is 0.732. The van der Waals surface area contributed by atoms with Crippen LogP contribution in [0.25, 0.3) is 0 Å². The molecule has 2 heteroatoms. The molecular weight excluding hydrogens is 176 g/mol. The molecule has 0 N–H and O–H groups in total. The van der Waals surface area contributed by atoms with E-state index in [0.717, 1.165) is 11.5 Å². The Morgan fingerprint density at radius 1 is 1.21 bits per heavy atom. The standard InChI is InChI=1S/C12H18O2/c1-5-14-12-8-10(9(2)3)6-7-11(12)13-4/h6-9H,5H2,1-4H3. The maximum Gasteiger partial charge on any atom is 0.161 e. The van der Waals surface area contributed by atoms with Crippen molar-refractivity contribution in [3.63, 3.8) is 0 Å². The monoisotopic (exact) mass is 194 g/mol. The van der Waals surface area contributed by atoms with Gasteiger partial charge < -0.3 is 9.47 Å². The van der Waals surface area contributed by atoms with Gasteiger partial charge >= 0.3 is 0 Å². The van der Waals surface area contributed by atoms with Crippen molar-refractivity contribution in [2.24, 2.45) is 0 Å². The van der Waals surface area contributed by atoms with Gasteiger partial charge in [-0.2, -0.15) is 0 Å². The van der Waals surface area contributed by atoms with Gasteiger partial charge in [-0.3, -0.25) is 0 Å². The predicted octanol–water partition coefficient (Wildman–Crippen LogP) is 3.22. The molecule has 14 heavy (non-hydrogen) atoms. The summed E-state index contributed by atoms with van der Waals surface area (Å²) in [5.74, 6) is 2.15. The smallest absolute Gasteiger partial charge is 0.161 e. The van der Waals surface area contributed by atoms with E-state index in [1.165, 1.54) is 5.56 Å². The zero-order chi connectivity index (χ0) is 10.6. The molecule has 0 unspecified atom stereocenters. The Labute approximate surface area is 85.8 Å². The second-order valence-corrected chi connectivity index (χ2v) is 3.50. The fourth-order valence-electron chi connectivity index (χ4n) is 1.32. The lowest BCUT2D eigenvalue weighted by atomic mass is 10.0. The van der Waals surface area contributed by atoms with Crippen molar-refractivity contribution in [1.29, 1.82) is 0 Å². The molecule has 1 aromatic rings. The molecule has 2 nitrogen and oxygen atoms in total. The Morgan fingerprint density at radius 2 is 1.93 bits per heavy atom. The summed E-state index contributed by atoms with van der Waals surface area (Å²) in [5.41, 5.74) is 1.27. The number of rotatable bonds is 4. The van der Waals surface area contributed by atoms with Crippen LogP contribution in [0.3, 0.4) is 0 Å². The number of hydrogen-bond donors (Lipinski definition) is 0. The predicted molar refractivity (Wildman–Crippen MR) is 58.3 cm³/mol. The summed E-state index contributed by atoms with van der Waals surface area (Å²) in [6, 6.07) is 6.08. The highest BCUT2D eigenvalue weighted by atomic mass is 16.5. The van der Waals surface area contributed by atoms with Crippen LogP contribution in [-0.4, -0.2) is 13.7 Å². The SMILES string of the molecule is CCOc1cc(C(C)C)ccc1OC. The van der Waals surface area contributed by atoms with E-state index in [1.54, 1.807) is 7.11 Å². The van der Waals surface area contributed by atoms with Crippen LogP contribution < -0.4 is 9.47 Å². The molecule has 0 aromatic heterocycles. The molecule has 0 amide bonds. The van der Waals surface area contributed by atoms with E-state index >= 15 is 0 Å². The average molecular weight is 194 g/mol. The van der Waals surface area contributed by atoms with E-state index in [9.17, 15) is 0 Å². The van der Waals surface area contributed by atoms with Crippen LogP contribution in [0.4, 0.5) is 0 Å². The summed E-state index contributed by atoms with van der Waals surface area (Å²) in [6.07, 6.45) is 0. The Hall–Kier alpha value is -1.18. The van der Waals surface area contributed by atoms with E-state index < -0.39 is 0 Å². The van der Waals surface area contributed by atoms with E-state index in [-0.39, 0.29) is 0 Å². The van der Waals surface area contributed by atoms with Crippen molar-refractivity contribution in [2.75, 3.05) is 13.7 Å². The van der Waals surface area contributed by atoms with E-state index in [4.69, 9.17) is 9.47 Å². The highest BCUT2D eigenvalue weighted by molar-refractivity contribution is 5.43. The molecule has 0 aliphatic carbocycles. The first kappa shape index (κ1) is 10.9. The third-order valence-corrected chi connectivity index (χ3v) is 2.15. The summed E-state index contributed by atoms with van der Waals surface area (Å²) in [7, 11) is 1.66. The van der Waals surface area contributed by atoms with Crippen molar-refractivity contribution < 1.29 is 9.47 Å². The molecule has 0 saturated carbocycles. The summed E-state index contributed by atoms with van der Waals surface area (Å²) >= 11 is 0. The number of methoxy groups -OCH3 is 1. The molecule has 0 bridgehead atoms. The van der Waals surface area contributed by atoms with Gasteiger partial charge in [-0.15, -0.1) is 0 Å². The fourth-order valence-corrected chi connectivity index (χ4v) is 1.32. The third kappa shape index (κ3) is 2.41. The second-order valence-electron chi connectivity index (χ2n) is 3.50. The van der Waals surface area contributed by atoms with Crippen LogP contribution in [0.2, 0.25) is 0 Å². The first-order chi connectivity index (χ1) is 6.69. The van der Waals surface area contributed by atoms with Gasteiger partial charge in [0, 0.05) is 0 Å². The molecule has 0 aliphatic rings. The molecule has 0 saturated heterocycles. The van der Waals surface area contributed by atoms with E-state index in [1.807, 2.05) is 19.1 Å². The zero-order valence-corrected chi connectivity index (χ0v) is 9.33. The molecule has 0 heterocycles. The molecule has 0 fully saturated rings. The second kappa shape index (κ2) is 4.89. The topological polar surface area (TPSA) is 18.5 Å². The number of hydrogen-bond acceptors (Lipinski definition) is 2. The van der Waals surface area contributed by atoms with Crippen molar-refractivity contribution in [2.45, 2.75) is 26.7 Å². The minimum absolute atomic E-state index is 0.514.